The smallest absolute Gasteiger partial charge is 0.366 e. The molecule has 1 unspecified atom stereocenters. The molecular formula is C9H13FO2. The van der Waals surface area contributed by atoms with Crippen molar-refractivity contribution in [3.05, 3.63) is 11.9 Å². The summed E-state index contributed by atoms with van der Waals surface area (Å²) >= 11 is 0. The van der Waals surface area contributed by atoms with Crippen molar-refractivity contribution in [1.29, 1.82) is 0 Å². The number of esters is 1. The topological polar surface area (TPSA) is 26.3 Å². The highest BCUT2D eigenvalue weighted by Gasteiger charge is 2.44. The van der Waals surface area contributed by atoms with E-state index >= 15 is 0 Å². The Morgan fingerprint density at radius 3 is 2.50 bits per heavy atom. The van der Waals surface area contributed by atoms with E-state index in [1.54, 1.807) is 0 Å². The molecule has 2 nitrogen and oxygen atoms in total. The van der Waals surface area contributed by atoms with Crippen LogP contribution < -0.4 is 0 Å². The minimum atomic E-state index is -0.877. The lowest BCUT2D eigenvalue weighted by atomic mass is 10.1. The zero-order chi connectivity index (χ0) is 9.35. The first kappa shape index (κ1) is 9.23. The normalized spacial score (nSPS) is 26.7. The lowest BCUT2D eigenvalue weighted by molar-refractivity contribution is -0.137. The number of rotatable bonds is 2. The van der Waals surface area contributed by atoms with E-state index in [1.807, 2.05) is 13.8 Å². The molecule has 0 aliphatic heterocycles. The number of ether oxygens (including phenoxy) is 1. The number of halogens is 1. The summed E-state index contributed by atoms with van der Waals surface area (Å²) in [7, 11) is 1.17. The number of carbonyl (C=O) groups is 1. The van der Waals surface area contributed by atoms with Crippen LogP contribution in [-0.2, 0) is 9.53 Å². The van der Waals surface area contributed by atoms with Crippen molar-refractivity contribution >= 4 is 5.97 Å². The third-order valence-electron chi connectivity index (χ3n) is 2.32. The molecule has 1 aliphatic rings. The molecule has 0 aromatic carbocycles. The van der Waals surface area contributed by atoms with Gasteiger partial charge in [0.2, 0.25) is 5.83 Å². The van der Waals surface area contributed by atoms with E-state index in [4.69, 9.17) is 0 Å². The zero-order valence-corrected chi connectivity index (χ0v) is 7.56. The van der Waals surface area contributed by atoms with Gasteiger partial charge in [-0.15, -0.1) is 0 Å². The average Bonchev–Trinajstić information content (AvgIpc) is 2.57. The van der Waals surface area contributed by atoms with Gasteiger partial charge >= 0.3 is 5.97 Å². The first-order chi connectivity index (χ1) is 5.47. The fraction of sp³-hybridized carbons (Fsp3) is 0.667. The minimum Gasteiger partial charge on any atom is -0.464 e. The minimum absolute atomic E-state index is 0.158. The zero-order valence-electron chi connectivity index (χ0n) is 7.56. The molecule has 1 rings (SSSR count). The SMILES string of the molecule is COC(=O)/C(F)=C\C1CC1(C)C. The van der Waals surface area contributed by atoms with E-state index in [9.17, 15) is 9.18 Å². The molecule has 12 heavy (non-hydrogen) atoms. The van der Waals surface area contributed by atoms with Crippen molar-refractivity contribution in [2.45, 2.75) is 20.3 Å². The summed E-state index contributed by atoms with van der Waals surface area (Å²) in [4.78, 5) is 10.6. The second-order valence-electron chi connectivity index (χ2n) is 3.81. The summed E-state index contributed by atoms with van der Waals surface area (Å²) in [6.45, 7) is 4.08. The third kappa shape index (κ3) is 1.84. The molecule has 1 atom stereocenters. The van der Waals surface area contributed by atoms with Crippen molar-refractivity contribution in [1.82, 2.24) is 0 Å². The van der Waals surface area contributed by atoms with E-state index in [0.717, 1.165) is 6.42 Å². The summed E-state index contributed by atoms with van der Waals surface area (Å²) in [6.07, 6.45) is 2.29. The van der Waals surface area contributed by atoms with Gasteiger partial charge in [0.1, 0.15) is 0 Å². The highest BCUT2D eigenvalue weighted by molar-refractivity contribution is 5.85. The highest BCUT2D eigenvalue weighted by Crippen LogP contribution is 2.52. The maximum absolute atomic E-state index is 12.8. The third-order valence-corrected chi connectivity index (χ3v) is 2.32. The fourth-order valence-corrected chi connectivity index (χ4v) is 1.13. The number of hydrogen-bond donors (Lipinski definition) is 0. The van der Waals surface area contributed by atoms with Crippen LogP contribution in [0.15, 0.2) is 11.9 Å². The first-order valence-electron chi connectivity index (χ1n) is 3.93. The van der Waals surface area contributed by atoms with Gasteiger partial charge in [0.25, 0.3) is 0 Å². The molecule has 0 amide bonds. The number of hydrogen-bond acceptors (Lipinski definition) is 2. The average molecular weight is 172 g/mol. The van der Waals surface area contributed by atoms with Crippen LogP contribution in [0.25, 0.3) is 0 Å². The predicted molar refractivity (Wildman–Crippen MR) is 43.1 cm³/mol. The fourth-order valence-electron chi connectivity index (χ4n) is 1.13. The number of methoxy groups -OCH3 is 1. The van der Waals surface area contributed by atoms with Crippen molar-refractivity contribution in [2.75, 3.05) is 7.11 Å². The van der Waals surface area contributed by atoms with Crippen molar-refractivity contribution in [3.63, 3.8) is 0 Å². The molecule has 0 spiro atoms. The Kier molecular flexibility index (Phi) is 2.22. The second kappa shape index (κ2) is 2.88. The number of allylic oxidation sites excluding steroid dienone is 1. The van der Waals surface area contributed by atoms with Crippen LogP contribution in [0.5, 0.6) is 0 Å². The number of carbonyl (C=O) groups excluding carboxylic acids is 1. The lowest BCUT2D eigenvalue weighted by Crippen LogP contribution is -2.01. The quantitative estimate of drug-likeness (QED) is 0.470. The largest absolute Gasteiger partial charge is 0.464 e. The molecule has 0 heterocycles. The Balaban J connectivity index is 2.54. The van der Waals surface area contributed by atoms with Gasteiger partial charge in [-0.1, -0.05) is 13.8 Å². The van der Waals surface area contributed by atoms with Crippen LogP contribution in [0.1, 0.15) is 20.3 Å². The van der Waals surface area contributed by atoms with Crippen LogP contribution in [0.2, 0.25) is 0 Å². The molecule has 68 valence electrons. The Morgan fingerprint density at radius 1 is 1.67 bits per heavy atom. The van der Waals surface area contributed by atoms with E-state index in [-0.39, 0.29) is 11.3 Å². The van der Waals surface area contributed by atoms with Crippen LogP contribution in [-0.4, -0.2) is 13.1 Å². The van der Waals surface area contributed by atoms with Gasteiger partial charge < -0.3 is 4.74 Å². The van der Waals surface area contributed by atoms with Crippen molar-refractivity contribution in [2.24, 2.45) is 11.3 Å². The van der Waals surface area contributed by atoms with Crippen LogP contribution in [0.4, 0.5) is 4.39 Å². The monoisotopic (exact) mass is 172 g/mol. The van der Waals surface area contributed by atoms with Crippen LogP contribution >= 0.6 is 0 Å². The summed E-state index contributed by atoms with van der Waals surface area (Å²) in [5, 5.41) is 0. The van der Waals surface area contributed by atoms with Gasteiger partial charge in [0.15, 0.2) is 0 Å². The molecule has 1 aliphatic carbocycles. The van der Waals surface area contributed by atoms with Gasteiger partial charge in [-0.2, -0.15) is 4.39 Å². The van der Waals surface area contributed by atoms with Gasteiger partial charge in [0, 0.05) is 0 Å². The van der Waals surface area contributed by atoms with Crippen LogP contribution in [0, 0.1) is 11.3 Å². The molecule has 0 aromatic rings. The standard InChI is InChI=1S/C9H13FO2/c1-9(2)5-6(9)4-7(10)8(11)12-3/h4,6H,5H2,1-3H3/b7-4+. The van der Waals surface area contributed by atoms with E-state index in [2.05, 4.69) is 4.74 Å². The molecular weight excluding hydrogens is 159 g/mol. The summed E-state index contributed by atoms with van der Waals surface area (Å²) in [6, 6.07) is 0. The van der Waals surface area contributed by atoms with Crippen LogP contribution in [0.3, 0.4) is 0 Å². The summed E-state index contributed by atoms with van der Waals surface area (Å²) in [5.74, 6) is -1.46. The van der Waals surface area contributed by atoms with Gasteiger partial charge in [-0.25, -0.2) is 4.79 Å². The van der Waals surface area contributed by atoms with Gasteiger partial charge in [0.05, 0.1) is 7.11 Å². The molecule has 1 saturated carbocycles. The maximum Gasteiger partial charge on any atom is 0.366 e. The van der Waals surface area contributed by atoms with Crippen molar-refractivity contribution in [3.8, 4) is 0 Å². The van der Waals surface area contributed by atoms with E-state index < -0.39 is 11.8 Å². The molecule has 0 aromatic heterocycles. The molecule has 0 saturated heterocycles. The second-order valence-corrected chi connectivity index (χ2v) is 3.81. The summed E-state index contributed by atoms with van der Waals surface area (Å²) in [5.41, 5.74) is 0.158. The lowest BCUT2D eigenvalue weighted by Gasteiger charge is -1.97. The summed E-state index contributed by atoms with van der Waals surface area (Å²) < 4.78 is 17.0. The van der Waals surface area contributed by atoms with Gasteiger partial charge in [-0.3, -0.25) is 0 Å². The Morgan fingerprint density at radius 2 is 2.17 bits per heavy atom. The predicted octanol–water partition coefficient (Wildman–Crippen LogP) is 2.06. The molecule has 0 radical (unpaired) electrons. The molecule has 1 fully saturated rings. The van der Waals surface area contributed by atoms with Gasteiger partial charge in [-0.05, 0) is 23.8 Å². The molecule has 3 heteroatoms. The first-order valence-corrected chi connectivity index (χ1v) is 3.93. The van der Waals surface area contributed by atoms with E-state index in [1.165, 1.54) is 13.2 Å². The van der Waals surface area contributed by atoms with Crippen molar-refractivity contribution < 1.29 is 13.9 Å². The molecule has 0 N–H and O–H groups in total. The Bertz CT molecular complexity index is 231. The highest BCUT2D eigenvalue weighted by atomic mass is 19.1. The van der Waals surface area contributed by atoms with E-state index in [0.29, 0.717) is 0 Å². The maximum atomic E-state index is 12.8. The molecule has 0 bridgehead atoms. The Labute approximate surface area is 71.4 Å². The Hall–Kier alpha value is -0.860.